The fraction of sp³-hybridized carbons (Fsp3) is 0.667. The molecule has 0 aromatic carbocycles. The van der Waals surface area contributed by atoms with Gasteiger partial charge in [0.25, 0.3) is 5.70 Å². The molecule has 0 aliphatic carbocycles. The van der Waals surface area contributed by atoms with Crippen LogP contribution in [0.5, 0.6) is 0 Å². The summed E-state index contributed by atoms with van der Waals surface area (Å²) >= 11 is 0. The van der Waals surface area contributed by atoms with Gasteiger partial charge in [-0.05, 0) is 33.3 Å². The summed E-state index contributed by atoms with van der Waals surface area (Å²) < 4.78 is 0. The van der Waals surface area contributed by atoms with Gasteiger partial charge >= 0.3 is 0 Å². The highest BCUT2D eigenvalue weighted by atomic mass is 16.6. The molecule has 0 saturated heterocycles. The van der Waals surface area contributed by atoms with Crippen LogP contribution in [0.2, 0.25) is 0 Å². The van der Waals surface area contributed by atoms with Crippen LogP contribution in [-0.2, 0) is 0 Å². The third kappa shape index (κ3) is 3.22. The number of allylic oxidation sites excluding steroid dienone is 2. The Bertz CT molecular complexity index is 370. The van der Waals surface area contributed by atoms with Gasteiger partial charge in [0, 0.05) is 12.2 Å². The van der Waals surface area contributed by atoms with E-state index in [1.807, 2.05) is 26.8 Å². The zero-order valence-corrected chi connectivity index (χ0v) is 11.0. The Morgan fingerprint density at radius 3 is 2.71 bits per heavy atom. The Morgan fingerprint density at radius 2 is 2.18 bits per heavy atom. The standard InChI is InChI=1S/C12H21N3O2/c1-5-6-7-13-11-10(15(16)17)12(3,4)8-9(2)14-11/h8,13-14H,5-7H2,1-4H3. The van der Waals surface area contributed by atoms with Crippen LogP contribution in [0.15, 0.2) is 23.3 Å². The van der Waals surface area contributed by atoms with Crippen LogP contribution in [-0.4, -0.2) is 11.5 Å². The summed E-state index contributed by atoms with van der Waals surface area (Å²) in [6.07, 6.45) is 3.95. The lowest BCUT2D eigenvalue weighted by atomic mass is 9.86. The molecule has 0 fully saturated rings. The maximum atomic E-state index is 11.2. The SMILES string of the molecule is CCCCNC1=C([N+](=O)[O-])C(C)(C)C=C(C)N1. The molecule has 1 heterocycles. The average Bonchev–Trinajstić information content (AvgIpc) is 2.14. The summed E-state index contributed by atoms with van der Waals surface area (Å²) in [5.41, 5.74) is 0.603. The van der Waals surface area contributed by atoms with Gasteiger partial charge in [0.05, 0.1) is 10.3 Å². The van der Waals surface area contributed by atoms with Crippen LogP contribution < -0.4 is 10.6 Å². The van der Waals surface area contributed by atoms with Gasteiger partial charge in [-0.15, -0.1) is 0 Å². The third-order valence-corrected chi connectivity index (χ3v) is 2.76. The first-order valence-electron chi connectivity index (χ1n) is 5.98. The van der Waals surface area contributed by atoms with E-state index in [0.717, 1.165) is 25.1 Å². The fourth-order valence-corrected chi connectivity index (χ4v) is 2.07. The molecule has 0 aromatic heterocycles. The number of unbranched alkanes of at least 4 members (excludes halogenated alkanes) is 1. The molecule has 2 N–H and O–H groups in total. The third-order valence-electron chi connectivity index (χ3n) is 2.76. The van der Waals surface area contributed by atoms with E-state index in [1.165, 1.54) is 0 Å². The molecule has 96 valence electrons. The molecule has 0 unspecified atom stereocenters. The van der Waals surface area contributed by atoms with Crippen molar-refractivity contribution >= 4 is 0 Å². The molecule has 5 heteroatoms. The van der Waals surface area contributed by atoms with Crippen molar-refractivity contribution in [3.8, 4) is 0 Å². The van der Waals surface area contributed by atoms with Crippen molar-refractivity contribution in [1.82, 2.24) is 10.6 Å². The smallest absolute Gasteiger partial charge is 0.295 e. The van der Waals surface area contributed by atoms with Gasteiger partial charge < -0.3 is 10.6 Å². The Balaban J connectivity index is 2.96. The van der Waals surface area contributed by atoms with Crippen molar-refractivity contribution in [3.63, 3.8) is 0 Å². The second-order valence-corrected chi connectivity index (χ2v) is 4.94. The van der Waals surface area contributed by atoms with Gasteiger partial charge in [0.15, 0.2) is 5.82 Å². The maximum Gasteiger partial charge on any atom is 0.295 e. The van der Waals surface area contributed by atoms with Crippen molar-refractivity contribution in [3.05, 3.63) is 33.4 Å². The number of dihydropyridines is 1. The molecule has 0 amide bonds. The first-order valence-corrected chi connectivity index (χ1v) is 5.98. The molecule has 0 spiro atoms. The van der Waals surface area contributed by atoms with E-state index in [4.69, 9.17) is 0 Å². The number of rotatable bonds is 5. The summed E-state index contributed by atoms with van der Waals surface area (Å²) in [7, 11) is 0. The highest BCUT2D eigenvalue weighted by Gasteiger charge is 2.38. The Hall–Kier alpha value is -1.52. The molecule has 0 bridgehead atoms. The fourth-order valence-electron chi connectivity index (χ4n) is 2.07. The number of hydrogen-bond acceptors (Lipinski definition) is 4. The molecule has 0 aromatic rings. The van der Waals surface area contributed by atoms with Crippen molar-refractivity contribution in [2.45, 2.75) is 40.5 Å². The lowest BCUT2D eigenvalue weighted by Crippen LogP contribution is -2.37. The van der Waals surface area contributed by atoms with Crippen LogP contribution >= 0.6 is 0 Å². The van der Waals surface area contributed by atoms with Crippen LogP contribution in [0.25, 0.3) is 0 Å². The highest BCUT2D eigenvalue weighted by molar-refractivity contribution is 5.28. The molecular formula is C12H21N3O2. The van der Waals surface area contributed by atoms with Gasteiger partial charge in [-0.3, -0.25) is 10.1 Å². The predicted molar refractivity (Wildman–Crippen MR) is 67.6 cm³/mol. The molecule has 0 atom stereocenters. The van der Waals surface area contributed by atoms with E-state index in [2.05, 4.69) is 17.6 Å². The predicted octanol–water partition coefficient (Wildman–Crippen LogP) is 2.36. The highest BCUT2D eigenvalue weighted by Crippen LogP contribution is 2.33. The largest absolute Gasteiger partial charge is 0.366 e. The van der Waals surface area contributed by atoms with Gasteiger partial charge in [-0.1, -0.05) is 13.3 Å². The number of nitrogens with one attached hydrogen (secondary N) is 2. The van der Waals surface area contributed by atoms with E-state index in [1.54, 1.807) is 0 Å². The lowest BCUT2D eigenvalue weighted by Gasteiger charge is -2.27. The molecule has 0 radical (unpaired) electrons. The molecular weight excluding hydrogens is 218 g/mol. The number of nitrogens with zero attached hydrogens (tertiary/aromatic N) is 1. The Kier molecular flexibility index (Phi) is 4.15. The first-order chi connectivity index (χ1) is 7.88. The zero-order valence-electron chi connectivity index (χ0n) is 11.0. The second-order valence-electron chi connectivity index (χ2n) is 4.94. The summed E-state index contributed by atoms with van der Waals surface area (Å²) in [5, 5.41) is 17.3. The monoisotopic (exact) mass is 239 g/mol. The summed E-state index contributed by atoms with van der Waals surface area (Å²) in [4.78, 5) is 10.9. The van der Waals surface area contributed by atoms with Gasteiger partial charge in [0.1, 0.15) is 0 Å². The number of nitro groups is 1. The summed E-state index contributed by atoms with van der Waals surface area (Å²) in [6.45, 7) is 8.47. The normalized spacial score (nSPS) is 18.5. The van der Waals surface area contributed by atoms with Crippen molar-refractivity contribution < 1.29 is 4.92 Å². The minimum atomic E-state index is -0.548. The van der Waals surface area contributed by atoms with E-state index in [0.29, 0.717) is 5.82 Å². The maximum absolute atomic E-state index is 11.2. The average molecular weight is 239 g/mol. The molecule has 5 nitrogen and oxygen atoms in total. The minimum absolute atomic E-state index is 0.208. The summed E-state index contributed by atoms with van der Waals surface area (Å²) in [5.74, 6) is 0.536. The van der Waals surface area contributed by atoms with Crippen LogP contribution in [0, 0.1) is 15.5 Å². The van der Waals surface area contributed by atoms with E-state index < -0.39 is 5.41 Å². The Labute approximate surface area is 102 Å². The molecule has 0 saturated carbocycles. The quantitative estimate of drug-likeness (QED) is 0.439. The van der Waals surface area contributed by atoms with E-state index >= 15 is 0 Å². The van der Waals surface area contributed by atoms with Gasteiger partial charge in [-0.25, -0.2) is 0 Å². The summed E-state index contributed by atoms with van der Waals surface area (Å²) in [6, 6.07) is 0. The van der Waals surface area contributed by atoms with Crippen molar-refractivity contribution in [2.75, 3.05) is 6.54 Å². The van der Waals surface area contributed by atoms with E-state index in [9.17, 15) is 10.1 Å². The van der Waals surface area contributed by atoms with Gasteiger partial charge in [0.2, 0.25) is 0 Å². The zero-order chi connectivity index (χ0) is 13.1. The topological polar surface area (TPSA) is 67.2 Å². The number of hydrogen-bond donors (Lipinski definition) is 2. The molecule has 1 rings (SSSR count). The molecule has 17 heavy (non-hydrogen) atoms. The van der Waals surface area contributed by atoms with Gasteiger partial charge in [-0.2, -0.15) is 0 Å². The van der Waals surface area contributed by atoms with E-state index in [-0.39, 0.29) is 10.6 Å². The van der Waals surface area contributed by atoms with Crippen molar-refractivity contribution in [1.29, 1.82) is 0 Å². The minimum Gasteiger partial charge on any atom is -0.366 e. The van der Waals surface area contributed by atoms with Crippen LogP contribution in [0.1, 0.15) is 40.5 Å². The van der Waals surface area contributed by atoms with Crippen LogP contribution in [0.3, 0.4) is 0 Å². The Morgan fingerprint density at radius 1 is 1.53 bits per heavy atom. The molecule has 1 aliphatic rings. The molecule has 1 aliphatic heterocycles. The lowest BCUT2D eigenvalue weighted by molar-refractivity contribution is -0.439. The van der Waals surface area contributed by atoms with Crippen molar-refractivity contribution in [2.24, 2.45) is 5.41 Å². The van der Waals surface area contributed by atoms with Crippen LogP contribution in [0.4, 0.5) is 0 Å². The first kappa shape index (κ1) is 13.5. The second kappa shape index (κ2) is 5.21.